The van der Waals surface area contributed by atoms with Gasteiger partial charge in [-0.1, -0.05) is 12.8 Å². The molecule has 4 nitrogen and oxygen atoms in total. The van der Waals surface area contributed by atoms with Crippen molar-refractivity contribution in [3.8, 4) is 0 Å². The van der Waals surface area contributed by atoms with Crippen LogP contribution in [0.4, 0.5) is 0 Å². The maximum absolute atomic E-state index is 12.2. The van der Waals surface area contributed by atoms with Gasteiger partial charge < -0.3 is 10.0 Å². The zero-order chi connectivity index (χ0) is 13.1. The summed E-state index contributed by atoms with van der Waals surface area (Å²) in [5.41, 5.74) is 0. The van der Waals surface area contributed by atoms with Gasteiger partial charge in [0, 0.05) is 25.0 Å². The fourth-order valence-electron chi connectivity index (χ4n) is 3.34. The number of nitrogens with zero attached hydrogens (tertiary/aromatic N) is 2. The summed E-state index contributed by atoms with van der Waals surface area (Å²) in [6.45, 7) is 2.13. The molecule has 0 bridgehead atoms. The highest BCUT2D eigenvalue weighted by Gasteiger charge is 2.34. The average molecular weight is 254 g/mol. The Bertz CT molecular complexity index is 288. The third-order valence-electron chi connectivity index (χ3n) is 4.25. The van der Waals surface area contributed by atoms with Crippen molar-refractivity contribution in [2.24, 2.45) is 5.92 Å². The maximum Gasteiger partial charge on any atom is 0.149 e. The van der Waals surface area contributed by atoms with Crippen LogP contribution in [0, 0.1) is 5.92 Å². The van der Waals surface area contributed by atoms with E-state index in [-0.39, 0.29) is 6.10 Å². The molecule has 0 radical (unpaired) electrons. The number of Topliss-reactive ketones (excluding diaryl/α,β-unsaturated/α-hetero) is 1. The van der Waals surface area contributed by atoms with Crippen molar-refractivity contribution in [1.82, 2.24) is 9.80 Å². The number of carbonyl (C=O) groups is 1. The van der Waals surface area contributed by atoms with E-state index in [2.05, 4.69) is 9.80 Å². The number of hydrogen-bond acceptors (Lipinski definition) is 4. The normalized spacial score (nSPS) is 30.4. The summed E-state index contributed by atoms with van der Waals surface area (Å²) >= 11 is 0. The Morgan fingerprint density at radius 2 is 2.00 bits per heavy atom. The standard InChI is InChI=1S/C14H26N2O2/c1-15(2)8-12-7-13(17)9-16(12)10-14(18)11-5-3-4-6-11/h11-13,17H,3-10H2,1-2H3. The maximum atomic E-state index is 12.2. The largest absolute Gasteiger partial charge is 0.392 e. The van der Waals surface area contributed by atoms with Crippen LogP contribution in [0.25, 0.3) is 0 Å². The van der Waals surface area contributed by atoms with Crippen molar-refractivity contribution in [2.75, 3.05) is 33.7 Å². The molecular weight excluding hydrogens is 228 g/mol. The van der Waals surface area contributed by atoms with Crippen LogP contribution in [-0.2, 0) is 4.79 Å². The molecule has 2 rings (SSSR count). The highest BCUT2D eigenvalue weighted by Crippen LogP contribution is 2.27. The molecule has 2 aliphatic rings. The minimum atomic E-state index is -0.258. The first-order valence-corrected chi connectivity index (χ1v) is 7.16. The van der Waals surface area contributed by atoms with Gasteiger partial charge in [0.15, 0.2) is 0 Å². The van der Waals surface area contributed by atoms with Gasteiger partial charge in [0.2, 0.25) is 0 Å². The molecule has 1 aliphatic heterocycles. The molecule has 0 amide bonds. The van der Waals surface area contributed by atoms with Gasteiger partial charge in [0.1, 0.15) is 5.78 Å². The molecule has 1 aliphatic carbocycles. The lowest BCUT2D eigenvalue weighted by Gasteiger charge is -2.26. The lowest BCUT2D eigenvalue weighted by molar-refractivity contribution is -0.124. The smallest absolute Gasteiger partial charge is 0.149 e. The van der Waals surface area contributed by atoms with Gasteiger partial charge in [-0.3, -0.25) is 9.69 Å². The van der Waals surface area contributed by atoms with E-state index in [0.29, 0.717) is 30.8 Å². The number of likely N-dealkylation sites (tertiary alicyclic amines) is 1. The number of rotatable bonds is 5. The van der Waals surface area contributed by atoms with Crippen molar-refractivity contribution in [2.45, 2.75) is 44.2 Å². The van der Waals surface area contributed by atoms with Crippen LogP contribution < -0.4 is 0 Å². The van der Waals surface area contributed by atoms with E-state index in [1.807, 2.05) is 14.1 Å². The van der Waals surface area contributed by atoms with Crippen LogP contribution in [0.1, 0.15) is 32.1 Å². The number of carbonyl (C=O) groups excluding carboxylic acids is 1. The molecule has 18 heavy (non-hydrogen) atoms. The number of hydrogen-bond donors (Lipinski definition) is 1. The van der Waals surface area contributed by atoms with Crippen molar-refractivity contribution in [3.05, 3.63) is 0 Å². The monoisotopic (exact) mass is 254 g/mol. The SMILES string of the molecule is CN(C)CC1CC(O)CN1CC(=O)C1CCCC1. The topological polar surface area (TPSA) is 43.8 Å². The van der Waals surface area contributed by atoms with Crippen LogP contribution >= 0.6 is 0 Å². The van der Waals surface area contributed by atoms with Crippen molar-refractivity contribution < 1.29 is 9.90 Å². The van der Waals surface area contributed by atoms with Gasteiger partial charge in [-0.05, 0) is 33.4 Å². The number of β-amino-alcohol motifs (C(OH)–C–C–N with tert-alkyl or cyclic N) is 1. The van der Waals surface area contributed by atoms with Gasteiger partial charge >= 0.3 is 0 Å². The van der Waals surface area contributed by atoms with Crippen molar-refractivity contribution in [1.29, 1.82) is 0 Å². The van der Waals surface area contributed by atoms with Gasteiger partial charge in [0.25, 0.3) is 0 Å². The second-order valence-corrected chi connectivity index (χ2v) is 6.18. The van der Waals surface area contributed by atoms with Gasteiger partial charge in [0.05, 0.1) is 12.6 Å². The molecule has 2 fully saturated rings. The third kappa shape index (κ3) is 3.53. The van der Waals surface area contributed by atoms with E-state index in [9.17, 15) is 9.90 Å². The molecule has 0 spiro atoms. The van der Waals surface area contributed by atoms with E-state index < -0.39 is 0 Å². The molecule has 4 heteroatoms. The molecule has 2 atom stereocenters. The van der Waals surface area contributed by atoms with E-state index >= 15 is 0 Å². The Hall–Kier alpha value is -0.450. The molecule has 1 saturated heterocycles. The fourth-order valence-corrected chi connectivity index (χ4v) is 3.34. The van der Waals surface area contributed by atoms with E-state index in [1.165, 1.54) is 12.8 Å². The van der Waals surface area contributed by atoms with Crippen LogP contribution in [-0.4, -0.2) is 66.6 Å². The summed E-state index contributed by atoms with van der Waals surface area (Å²) in [6.07, 6.45) is 5.11. The predicted octanol–water partition coefficient (Wildman–Crippen LogP) is 0.742. The fraction of sp³-hybridized carbons (Fsp3) is 0.929. The third-order valence-corrected chi connectivity index (χ3v) is 4.25. The molecular formula is C14H26N2O2. The molecule has 0 aromatic rings. The number of likely N-dealkylation sites (N-methyl/N-ethyl adjacent to an activating group) is 1. The van der Waals surface area contributed by atoms with E-state index in [0.717, 1.165) is 25.8 Å². The lowest BCUT2D eigenvalue weighted by Crippen LogP contribution is -2.41. The molecule has 104 valence electrons. The molecule has 1 saturated carbocycles. The zero-order valence-electron chi connectivity index (χ0n) is 11.6. The quantitative estimate of drug-likeness (QED) is 0.786. The van der Waals surface area contributed by atoms with Gasteiger partial charge in [-0.25, -0.2) is 0 Å². The van der Waals surface area contributed by atoms with Gasteiger partial charge in [-0.15, -0.1) is 0 Å². The first-order valence-electron chi connectivity index (χ1n) is 7.16. The Labute approximate surface area is 110 Å². The Morgan fingerprint density at radius 1 is 1.33 bits per heavy atom. The first kappa shape index (κ1) is 14.0. The Kier molecular flexibility index (Phi) is 4.76. The zero-order valence-corrected chi connectivity index (χ0v) is 11.6. The number of aliphatic hydroxyl groups is 1. The molecule has 0 aromatic heterocycles. The van der Waals surface area contributed by atoms with Crippen LogP contribution in [0.3, 0.4) is 0 Å². The van der Waals surface area contributed by atoms with E-state index in [1.54, 1.807) is 0 Å². The number of aliphatic hydroxyl groups excluding tert-OH is 1. The van der Waals surface area contributed by atoms with Crippen molar-refractivity contribution >= 4 is 5.78 Å². The Balaban J connectivity index is 1.87. The summed E-state index contributed by atoms with van der Waals surface area (Å²) in [5, 5.41) is 9.79. The second kappa shape index (κ2) is 6.13. The van der Waals surface area contributed by atoms with E-state index in [4.69, 9.17) is 0 Å². The summed E-state index contributed by atoms with van der Waals surface area (Å²) in [7, 11) is 4.09. The van der Waals surface area contributed by atoms with Crippen LogP contribution in [0.2, 0.25) is 0 Å². The summed E-state index contributed by atoms with van der Waals surface area (Å²) in [5.74, 6) is 0.688. The lowest BCUT2D eigenvalue weighted by atomic mass is 10.0. The predicted molar refractivity (Wildman–Crippen MR) is 71.5 cm³/mol. The molecule has 1 N–H and O–H groups in total. The summed E-state index contributed by atoms with van der Waals surface area (Å²) in [4.78, 5) is 16.5. The Morgan fingerprint density at radius 3 is 2.61 bits per heavy atom. The van der Waals surface area contributed by atoms with Gasteiger partial charge in [-0.2, -0.15) is 0 Å². The summed E-state index contributed by atoms with van der Waals surface area (Å²) in [6, 6.07) is 0.334. The summed E-state index contributed by atoms with van der Waals surface area (Å²) < 4.78 is 0. The second-order valence-electron chi connectivity index (χ2n) is 6.18. The average Bonchev–Trinajstić information content (AvgIpc) is 2.88. The molecule has 1 heterocycles. The highest BCUT2D eigenvalue weighted by molar-refractivity contribution is 5.83. The molecule has 0 aromatic carbocycles. The molecule has 2 unspecified atom stereocenters. The minimum Gasteiger partial charge on any atom is -0.392 e. The van der Waals surface area contributed by atoms with Crippen molar-refractivity contribution in [3.63, 3.8) is 0 Å². The van der Waals surface area contributed by atoms with Crippen LogP contribution in [0.15, 0.2) is 0 Å². The number of ketones is 1. The van der Waals surface area contributed by atoms with Crippen LogP contribution in [0.5, 0.6) is 0 Å². The highest BCUT2D eigenvalue weighted by atomic mass is 16.3. The first-order chi connectivity index (χ1) is 8.56. The minimum absolute atomic E-state index is 0.258.